The van der Waals surface area contributed by atoms with Crippen molar-refractivity contribution in [2.24, 2.45) is 0 Å². The minimum absolute atomic E-state index is 0.150. The number of nitrogens with one attached hydrogen (secondary N) is 1. The predicted octanol–water partition coefficient (Wildman–Crippen LogP) is 4.54. The summed E-state index contributed by atoms with van der Waals surface area (Å²) < 4.78 is 46.4. The summed E-state index contributed by atoms with van der Waals surface area (Å²) in [6.45, 7) is 3.85. The quantitative estimate of drug-likeness (QED) is 0.846. The molecule has 1 aromatic heterocycles. The average molecular weight is 355 g/mol. The van der Waals surface area contributed by atoms with Crippen LogP contribution in [0, 0.1) is 6.92 Å². The first-order valence-electron chi connectivity index (χ1n) is 8.27. The lowest BCUT2D eigenvalue weighted by atomic mass is 9.84. The number of carbonyl (C=O) groups is 1. The summed E-state index contributed by atoms with van der Waals surface area (Å²) in [6.07, 6.45) is -3.33. The zero-order chi connectivity index (χ0) is 18.4. The van der Waals surface area contributed by atoms with E-state index < -0.39 is 23.3 Å². The molecular weight excluding hydrogens is 335 g/mol. The Labute approximate surface area is 143 Å². The van der Waals surface area contributed by atoms with E-state index in [1.54, 1.807) is 6.92 Å². The van der Waals surface area contributed by atoms with Gasteiger partial charge in [0.2, 0.25) is 0 Å². The van der Waals surface area contributed by atoms with Crippen LogP contribution < -0.4 is 0 Å². The first-order chi connectivity index (χ1) is 11.7. The molecule has 2 heterocycles. The van der Waals surface area contributed by atoms with Gasteiger partial charge in [-0.05, 0) is 37.0 Å². The van der Waals surface area contributed by atoms with Gasteiger partial charge in [0, 0.05) is 10.9 Å². The van der Waals surface area contributed by atoms with E-state index in [9.17, 15) is 23.1 Å². The van der Waals surface area contributed by atoms with E-state index in [4.69, 9.17) is 4.74 Å². The Hall–Kier alpha value is -2.02. The highest BCUT2D eigenvalue weighted by atomic mass is 19.4. The summed E-state index contributed by atoms with van der Waals surface area (Å²) in [5.74, 6) is -1.03. The molecule has 0 saturated carbocycles. The number of carboxylic acids is 1. The number of aromatic amines is 1. The van der Waals surface area contributed by atoms with Crippen LogP contribution in [0.15, 0.2) is 12.1 Å². The van der Waals surface area contributed by atoms with Gasteiger partial charge in [0.1, 0.15) is 5.60 Å². The van der Waals surface area contributed by atoms with Crippen LogP contribution in [-0.2, 0) is 27.7 Å². The van der Waals surface area contributed by atoms with E-state index in [0.29, 0.717) is 41.6 Å². The smallest absolute Gasteiger partial charge is 0.417 e. The number of benzene rings is 1. The van der Waals surface area contributed by atoms with Crippen LogP contribution in [0.1, 0.15) is 48.6 Å². The molecule has 1 aromatic carbocycles. The maximum atomic E-state index is 13.5. The molecule has 136 valence electrons. The maximum absolute atomic E-state index is 13.5. The number of carboxylic acid groups (broad SMARTS) is 1. The van der Waals surface area contributed by atoms with Gasteiger partial charge in [-0.1, -0.05) is 19.4 Å². The van der Waals surface area contributed by atoms with Gasteiger partial charge in [-0.2, -0.15) is 13.2 Å². The fourth-order valence-electron chi connectivity index (χ4n) is 3.88. The number of hydrogen-bond donors (Lipinski definition) is 2. The molecule has 0 bridgehead atoms. The van der Waals surface area contributed by atoms with Crippen LogP contribution in [0.2, 0.25) is 0 Å². The number of fused-ring (bicyclic) bond motifs is 3. The van der Waals surface area contributed by atoms with Crippen LogP contribution in [0.4, 0.5) is 13.2 Å². The standard InChI is InChI=1S/C18H20F3NO3/c1-3-7-17(9-13(23)24)16-11(6-8-25-17)14-12(18(19,20)21)5-4-10(2)15(14)22-16/h4-5,22H,3,6-9H2,1-2H3,(H,23,24). The summed E-state index contributed by atoms with van der Waals surface area (Å²) in [5, 5.41) is 9.47. The number of aliphatic carboxylic acids is 1. The molecule has 1 aliphatic rings. The monoisotopic (exact) mass is 355 g/mol. The lowest BCUT2D eigenvalue weighted by Crippen LogP contribution is -2.37. The van der Waals surface area contributed by atoms with Gasteiger partial charge >= 0.3 is 12.1 Å². The molecule has 0 aliphatic carbocycles. The van der Waals surface area contributed by atoms with Crippen LogP contribution in [0.3, 0.4) is 0 Å². The second-order valence-corrected chi connectivity index (χ2v) is 6.57. The summed E-state index contributed by atoms with van der Waals surface area (Å²) >= 11 is 0. The topological polar surface area (TPSA) is 62.3 Å². The minimum atomic E-state index is -4.47. The third-order valence-corrected chi connectivity index (χ3v) is 4.85. The Morgan fingerprint density at radius 1 is 1.40 bits per heavy atom. The summed E-state index contributed by atoms with van der Waals surface area (Å²) in [7, 11) is 0. The molecule has 25 heavy (non-hydrogen) atoms. The Morgan fingerprint density at radius 2 is 2.12 bits per heavy atom. The Bertz CT molecular complexity index is 825. The third-order valence-electron chi connectivity index (χ3n) is 4.85. The van der Waals surface area contributed by atoms with Gasteiger partial charge < -0.3 is 14.8 Å². The highest BCUT2D eigenvalue weighted by molar-refractivity contribution is 5.91. The Kier molecular flexibility index (Phi) is 4.31. The van der Waals surface area contributed by atoms with E-state index in [0.717, 1.165) is 6.07 Å². The van der Waals surface area contributed by atoms with Crippen molar-refractivity contribution in [3.8, 4) is 0 Å². The average Bonchev–Trinajstić information content (AvgIpc) is 2.88. The van der Waals surface area contributed by atoms with E-state index in [-0.39, 0.29) is 18.4 Å². The van der Waals surface area contributed by atoms with Crippen molar-refractivity contribution in [3.05, 3.63) is 34.5 Å². The normalized spacial score (nSPS) is 20.7. The van der Waals surface area contributed by atoms with E-state index in [2.05, 4.69) is 4.98 Å². The molecule has 0 radical (unpaired) electrons. The number of aromatic nitrogens is 1. The molecule has 1 unspecified atom stereocenters. The molecule has 0 fully saturated rings. The first kappa shape index (κ1) is 17.8. The molecule has 2 aromatic rings. The van der Waals surface area contributed by atoms with Gasteiger partial charge in [0.25, 0.3) is 0 Å². The number of alkyl halides is 3. The molecule has 1 aliphatic heterocycles. The van der Waals surface area contributed by atoms with Crippen molar-refractivity contribution >= 4 is 16.9 Å². The SMILES string of the molecule is CCCC1(CC(=O)O)OCCc2c1[nH]c1c(C)ccc(C(F)(F)F)c21. The predicted molar refractivity (Wildman–Crippen MR) is 86.5 cm³/mol. The zero-order valence-corrected chi connectivity index (χ0v) is 14.1. The summed E-state index contributed by atoms with van der Waals surface area (Å²) in [4.78, 5) is 14.5. The Morgan fingerprint density at radius 3 is 2.72 bits per heavy atom. The van der Waals surface area contributed by atoms with Crippen molar-refractivity contribution in [2.75, 3.05) is 6.61 Å². The number of aryl methyl sites for hydroxylation is 1. The van der Waals surface area contributed by atoms with Crippen molar-refractivity contribution < 1.29 is 27.8 Å². The molecule has 0 saturated heterocycles. The van der Waals surface area contributed by atoms with Crippen molar-refractivity contribution in [1.29, 1.82) is 0 Å². The van der Waals surface area contributed by atoms with Gasteiger partial charge in [-0.25, -0.2) is 0 Å². The molecule has 0 amide bonds. The molecule has 4 nitrogen and oxygen atoms in total. The highest BCUT2D eigenvalue weighted by Crippen LogP contribution is 2.46. The number of ether oxygens (including phenoxy) is 1. The zero-order valence-electron chi connectivity index (χ0n) is 14.1. The molecule has 0 spiro atoms. The minimum Gasteiger partial charge on any atom is -0.481 e. The second kappa shape index (κ2) is 6.05. The fraction of sp³-hybridized carbons (Fsp3) is 0.500. The van der Waals surface area contributed by atoms with Crippen LogP contribution in [0.5, 0.6) is 0 Å². The van der Waals surface area contributed by atoms with Gasteiger partial charge in [-0.15, -0.1) is 0 Å². The summed E-state index contributed by atoms with van der Waals surface area (Å²) in [6, 6.07) is 2.53. The van der Waals surface area contributed by atoms with Gasteiger partial charge in [-0.3, -0.25) is 4.79 Å². The van der Waals surface area contributed by atoms with E-state index in [1.807, 2.05) is 6.92 Å². The molecule has 3 rings (SSSR count). The van der Waals surface area contributed by atoms with Crippen molar-refractivity contribution in [2.45, 2.75) is 51.3 Å². The molecule has 7 heteroatoms. The molecule has 1 atom stereocenters. The van der Waals surface area contributed by atoms with Gasteiger partial charge in [0.15, 0.2) is 0 Å². The van der Waals surface area contributed by atoms with Gasteiger partial charge in [0.05, 0.1) is 24.3 Å². The second-order valence-electron chi connectivity index (χ2n) is 6.57. The van der Waals surface area contributed by atoms with Crippen LogP contribution in [-0.4, -0.2) is 22.7 Å². The molecular formula is C18H20F3NO3. The number of hydrogen-bond acceptors (Lipinski definition) is 2. The van der Waals surface area contributed by atoms with Crippen molar-refractivity contribution in [3.63, 3.8) is 0 Å². The van der Waals surface area contributed by atoms with E-state index in [1.165, 1.54) is 6.07 Å². The first-order valence-corrected chi connectivity index (χ1v) is 8.27. The lowest BCUT2D eigenvalue weighted by Gasteiger charge is -2.36. The third kappa shape index (κ3) is 2.90. The lowest BCUT2D eigenvalue weighted by molar-refractivity contribution is -0.149. The maximum Gasteiger partial charge on any atom is 0.417 e. The largest absolute Gasteiger partial charge is 0.481 e. The molecule has 2 N–H and O–H groups in total. The summed E-state index contributed by atoms with van der Waals surface area (Å²) in [5.41, 5.74) is 0.329. The Balaban J connectivity index is 2.33. The number of H-pyrrole nitrogens is 1. The highest BCUT2D eigenvalue weighted by Gasteiger charge is 2.43. The van der Waals surface area contributed by atoms with Crippen LogP contribution >= 0.6 is 0 Å². The van der Waals surface area contributed by atoms with E-state index >= 15 is 0 Å². The fourth-order valence-corrected chi connectivity index (χ4v) is 3.88. The van der Waals surface area contributed by atoms with Crippen LogP contribution in [0.25, 0.3) is 10.9 Å². The number of rotatable bonds is 4. The number of halogens is 3. The van der Waals surface area contributed by atoms with Crippen molar-refractivity contribution in [1.82, 2.24) is 4.98 Å².